The third-order valence-electron chi connectivity index (χ3n) is 4.79. The van der Waals surface area contributed by atoms with Crippen molar-refractivity contribution in [3.63, 3.8) is 0 Å². The van der Waals surface area contributed by atoms with Gasteiger partial charge in [0.25, 0.3) is 0 Å². The highest BCUT2D eigenvalue weighted by atomic mass is 16.5. The molecule has 0 radical (unpaired) electrons. The monoisotopic (exact) mass is 329 g/mol. The summed E-state index contributed by atoms with van der Waals surface area (Å²) >= 11 is 0. The SMILES string of the molecule is CCCO[C@@H]1c2cc(C#N)ccc2NC(C(C)(C)CNC=O)[C@@H]1C. The molecule has 1 amide bonds. The fraction of sp³-hybridized carbons (Fsp3) is 0.579. The van der Waals surface area contributed by atoms with Crippen LogP contribution in [0.25, 0.3) is 0 Å². The van der Waals surface area contributed by atoms with Crippen molar-refractivity contribution in [2.24, 2.45) is 11.3 Å². The van der Waals surface area contributed by atoms with E-state index >= 15 is 0 Å². The normalized spacial score (nSPS) is 22.9. The molecular formula is C19H27N3O2. The predicted octanol–water partition coefficient (Wildman–Crippen LogP) is 3.23. The van der Waals surface area contributed by atoms with Crippen molar-refractivity contribution in [3.05, 3.63) is 29.3 Å². The molecule has 1 aromatic rings. The molecule has 2 N–H and O–H groups in total. The number of anilines is 1. The van der Waals surface area contributed by atoms with Gasteiger partial charge in [-0.15, -0.1) is 0 Å². The lowest BCUT2D eigenvalue weighted by molar-refractivity contribution is -0.110. The average Bonchev–Trinajstić information content (AvgIpc) is 2.58. The van der Waals surface area contributed by atoms with Crippen molar-refractivity contribution >= 4 is 12.1 Å². The second kappa shape index (κ2) is 7.67. The summed E-state index contributed by atoms with van der Waals surface area (Å²) in [5.74, 6) is 0.210. The van der Waals surface area contributed by atoms with Gasteiger partial charge in [0, 0.05) is 41.8 Å². The molecular weight excluding hydrogens is 302 g/mol. The highest BCUT2D eigenvalue weighted by molar-refractivity contribution is 5.59. The number of nitrogens with zero attached hydrogens (tertiary/aromatic N) is 1. The number of nitrogens with one attached hydrogen (secondary N) is 2. The van der Waals surface area contributed by atoms with Crippen LogP contribution in [-0.4, -0.2) is 25.6 Å². The Morgan fingerprint density at radius 2 is 2.21 bits per heavy atom. The van der Waals surface area contributed by atoms with E-state index in [1.807, 2.05) is 18.2 Å². The molecule has 0 bridgehead atoms. The third kappa shape index (κ3) is 3.70. The van der Waals surface area contributed by atoms with Gasteiger partial charge in [-0.3, -0.25) is 4.79 Å². The second-order valence-electron chi connectivity index (χ2n) is 7.17. The molecule has 0 fully saturated rings. The predicted molar refractivity (Wildman–Crippen MR) is 94.6 cm³/mol. The molecule has 1 aliphatic heterocycles. The van der Waals surface area contributed by atoms with Crippen LogP contribution < -0.4 is 10.6 Å². The molecule has 0 saturated carbocycles. The van der Waals surface area contributed by atoms with Crippen LogP contribution in [0, 0.1) is 22.7 Å². The Balaban J connectivity index is 2.38. The zero-order chi connectivity index (χ0) is 17.7. The molecule has 24 heavy (non-hydrogen) atoms. The topological polar surface area (TPSA) is 74.2 Å². The van der Waals surface area contributed by atoms with Gasteiger partial charge in [0.2, 0.25) is 6.41 Å². The molecule has 1 aromatic carbocycles. The molecule has 0 spiro atoms. The zero-order valence-electron chi connectivity index (χ0n) is 14.9. The van der Waals surface area contributed by atoms with Crippen molar-refractivity contribution in [2.45, 2.75) is 46.3 Å². The Hall–Kier alpha value is -2.06. The van der Waals surface area contributed by atoms with E-state index in [1.165, 1.54) is 0 Å². The van der Waals surface area contributed by atoms with Gasteiger partial charge in [-0.25, -0.2) is 0 Å². The summed E-state index contributed by atoms with van der Waals surface area (Å²) in [6, 6.07) is 8.06. The smallest absolute Gasteiger partial charge is 0.207 e. The van der Waals surface area contributed by atoms with Crippen LogP contribution in [0.1, 0.15) is 51.3 Å². The van der Waals surface area contributed by atoms with E-state index in [-0.39, 0.29) is 23.5 Å². The van der Waals surface area contributed by atoms with Crippen molar-refractivity contribution in [1.82, 2.24) is 5.32 Å². The molecule has 5 heteroatoms. The highest BCUT2D eigenvalue weighted by Crippen LogP contribution is 2.44. The number of ether oxygens (including phenoxy) is 1. The summed E-state index contributed by atoms with van der Waals surface area (Å²) in [4.78, 5) is 10.7. The number of carbonyl (C=O) groups excluding carboxylic acids is 1. The van der Waals surface area contributed by atoms with E-state index in [2.05, 4.69) is 44.4 Å². The first-order chi connectivity index (χ1) is 11.4. The first-order valence-corrected chi connectivity index (χ1v) is 8.53. The Morgan fingerprint density at radius 1 is 1.46 bits per heavy atom. The number of hydrogen-bond donors (Lipinski definition) is 2. The van der Waals surface area contributed by atoms with Gasteiger partial charge in [-0.2, -0.15) is 5.26 Å². The zero-order valence-corrected chi connectivity index (χ0v) is 14.9. The maximum absolute atomic E-state index is 10.7. The maximum Gasteiger partial charge on any atom is 0.207 e. The van der Waals surface area contributed by atoms with Crippen LogP contribution >= 0.6 is 0 Å². The van der Waals surface area contributed by atoms with Gasteiger partial charge >= 0.3 is 0 Å². The Morgan fingerprint density at radius 3 is 2.83 bits per heavy atom. The van der Waals surface area contributed by atoms with Gasteiger partial charge in [-0.1, -0.05) is 27.7 Å². The molecule has 130 valence electrons. The number of benzene rings is 1. The number of amides is 1. The molecule has 1 heterocycles. The quantitative estimate of drug-likeness (QED) is 0.753. The second-order valence-corrected chi connectivity index (χ2v) is 7.17. The van der Waals surface area contributed by atoms with Gasteiger partial charge < -0.3 is 15.4 Å². The molecule has 0 aromatic heterocycles. The Kier molecular flexibility index (Phi) is 5.84. The minimum atomic E-state index is -0.139. The average molecular weight is 329 g/mol. The van der Waals surface area contributed by atoms with Crippen molar-refractivity contribution < 1.29 is 9.53 Å². The summed E-state index contributed by atoms with van der Waals surface area (Å²) in [7, 11) is 0. The van der Waals surface area contributed by atoms with Crippen LogP contribution in [0.5, 0.6) is 0 Å². The highest BCUT2D eigenvalue weighted by Gasteiger charge is 2.42. The van der Waals surface area contributed by atoms with Crippen molar-refractivity contribution in [3.8, 4) is 6.07 Å². The maximum atomic E-state index is 10.7. The number of carbonyl (C=O) groups is 1. The fourth-order valence-corrected chi connectivity index (χ4v) is 3.56. The summed E-state index contributed by atoms with van der Waals surface area (Å²) in [6.07, 6.45) is 1.63. The fourth-order valence-electron chi connectivity index (χ4n) is 3.56. The van der Waals surface area contributed by atoms with Gasteiger partial charge in [-0.05, 0) is 24.6 Å². The Bertz CT molecular complexity index is 622. The third-order valence-corrected chi connectivity index (χ3v) is 4.79. The summed E-state index contributed by atoms with van der Waals surface area (Å²) < 4.78 is 6.16. The van der Waals surface area contributed by atoms with E-state index in [0.717, 1.165) is 24.1 Å². The number of rotatable bonds is 7. The van der Waals surface area contributed by atoms with Crippen LogP contribution in [0.4, 0.5) is 5.69 Å². The van der Waals surface area contributed by atoms with E-state index in [0.29, 0.717) is 18.7 Å². The summed E-state index contributed by atoms with van der Waals surface area (Å²) in [5.41, 5.74) is 2.57. The van der Waals surface area contributed by atoms with Crippen LogP contribution in [-0.2, 0) is 9.53 Å². The van der Waals surface area contributed by atoms with Crippen LogP contribution in [0.3, 0.4) is 0 Å². The molecule has 3 atom stereocenters. The first-order valence-electron chi connectivity index (χ1n) is 8.53. The standard InChI is InChI=1S/C19H27N3O2/c1-5-8-24-17-13(2)18(19(3,4)11-21-12-23)22-16-7-6-14(10-20)9-15(16)17/h6-7,9,12-13,17-18,22H,5,8,11H2,1-4H3,(H,21,23)/t13-,17+,18?/m1/s1. The molecule has 2 rings (SSSR count). The van der Waals surface area contributed by atoms with Gasteiger partial charge in [0.1, 0.15) is 0 Å². The van der Waals surface area contributed by atoms with Crippen LogP contribution in [0.2, 0.25) is 0 Å². The number of nitriles is 1. The van der Waals surface area contributed by atoms with Gasteiger partial charge in [0.05, 0.1) is 17.7 Å². The van der Waals surface area contributed by atoms with Crippen molar-refractivity contribution in [2.75, 3.05) is 18.5 Å². The van der Waals surface area contributed by atoms with Crippen molar-refractivity contribution in [1.29, 1.82) is 5.26 Å². The number of fused-ring (bicyclic) bond motifs is 1. The van der Waals surface area contributed by atoms with Gasteiger partial charge in [0.15, 0.2) is 0 Å². The summed E-state index contributed by atoms with van der Waals surface area (Å²) in [6.45, 7) is 9.82. The molecule has 0 saturated heterocycles. The molecule has 5 nitrogen and oxygen atoms in total. The minimum Gasteiger partial charge on any atom is -0.381 e. The number of hydrogen-bond acceptors (Lipinski definition) is 4. The lowest BCUT2D eigenvalue weighted by atomic mass is 9.72. The molecule has 1 unspecified atom stereocenters. The first kappa shape index (κ1) is 18.3. The largest absolute Gasteiger partial charge is 0.381 e. The van der Waals surface area contributed by atoms with E-state index in [1.54, 1.807) is 0 Å². The van der Waals surface area contributed by atoms with E-state index < -0.39 is 0 Å². The minimum absolute atomic E-state index is 0.0602. The Labute approximate surface area is 144 Å². The van der Waals surface area contributed by atoms with Crippen LogP contribution in [0.15, 0.2) is 18.2 Å². The molecule has 0 aliphatic carbocycles. The lowest BCUT2D eigenvalue weighted by Gasteiger charge is -2.46. The lowest BCUT2D eigenvalue weighted by Crippen LogP contribution is -2.50. The van der Waals surface area contributed by atoms with E-state index in [4.69, 9.17) is 4.74 Å². The molecule has 1 aliphatic rings. The van der Waals surface area contributed by atoms with E-state index in [9.17, 15) is 10.1 Å². The summed E-state index contributed by atoms with van der Waals surface area (Å²) in [5, 5.41) is 15.6.